The minimum absolute atomic E-state index is 0.616. The molecule has 0 amide bonds. The van der Waals surface area contributed by atoms with Gasteiger partial charge in [-0.3, -0.25) is 0 Å². The van der Waals surface area contributed by atoms with Crippen LogP contribution in [0.2, 0.25) is 0 Å². The molecule has 0 saturated heterocycles. The maximum absolute atomic E-state index is 2.39. The molecule has 0 fully saturated rings. The molecule has 0 saturated carbocycles. The number of aryl methyl sites for hydroxylation is 1. The Kier molecular flexibility index (Phi) is 2.74. The number of hydrogen-bond acceptors (Lipinski definition) is 0. The third-order valence-corrected chi connectivity index (χ3v) is 4.04. The summed E-state index contributed by atoms with van der Waals surface area (Å²) in [7, 11) is 0. The van der Waals surface area contributed by atoms with Gasteiger partial charge in [-0.05, 0) is 52.1 Å². The minimum atomic E-state index is 0.616. The Bertz CT molecular complexity index is 591. The summed E-state index contributed by atoms with van der Waals surface area (Å²) in [6, 6.07) is 13.9. The van der Waals surface area contributed by atoms with Crippen LogP contribution >= 0.6 is 0 Å². The van der Waals surface area contributed by atoms with E-state index < -0.39 is 0 Å². The number of benzene rings is 2. The van der Waals surface area contributed by atoms with Gasteiger partial charge in [0, 0.05) is 0 Å². The first-order valence-electron chi connectivity index (χ1n) is 6.94. The molecule has 1 aliphatic carbocycles. The van der Waals surface area contributed by atoms with Gasteiger partial charge in [-0.1, -0.05) is 57.2 Å². The van der Waals surface area contributed by atoms with Gasteiger partial charge in [-0.15, -0.1) is 0 Å². The molecule has 0 unspecified atom stereocenters. The van der Waals surface area contributed by atoms with Gasteiger partial charge in [0.15, 0.2) is 0 Å². The van der Waals surface area contributed by atoms with E-state index in [2.05, 4.69) is 57.2 Å². The summed E-state index contributed by atoms with van der Waals surface area (Å²) in [5.41, 5.74) is 8.80. The van der Waals surface area contributed by atoms with Gasteiger partial charge >= 0.3 is 0 Å². The smallest absolute Gasteiger partial charge is 0.00133 e. The van der Waals surface area contributed by atoms with Gasteiger partial charge in [0.05, 0.1) is 0 Å². The molecule has 0 N–H and O–H groups in total. The summed E-state index contributed by atoms with van der Waals surface area (Å²) in [6.45, 7) is 6.75. The lowest BCUT2D eigenvalue weighted by Gasteiger charge is -2.08. The van der Waals surface area contributed by atoms with Crippen molar-refractivity contribution in [1.82, 2.24) is 0 Å². The third-order valence-electron chi connectivity index (χ3n) is 4.04. The first kappa shape index (κ1) is 11.5. The zero-order valence-electron chi connectivity index (χ0n) is 11.5. The summed E-state index contributed by atoms with van der Waals surface area (Å²) in [5, 5.41) is 0. The Hall–Kier alpha value is -1.56. The van der Waals surface area contributed by atoms with Crippen molar-refractivity contribution >= 4 is 0 Å². The Balaban J connectivity index is 2.07. The molecule has 0 radical (unpaired) electrons. The lowest BCUT2D eigenvalue weighted by molar-refractivity contribution is 0.864. The lowest BCUT2D eigenvalue weighted by Crippen LogP contribution is -1.89. The Morgan fingerprint density at radius 3 is 2.28 bits per heavy atom. The van der Waals surface area contributed by atoms with Crippen molar-refractivity contribution in [3.63, 3.8) is 0 Å². The van der Waals surface area contributed by atoms with Crippen molar-refractivity contribution < 1.29 is 0 Å². The molecular weight excluding hydrogens is 216 g/mol. The zero-order chi connectivity index (χ0) is 12.7. The Labute approximate surface area is 110 Å². The summed E-state index contributed by atoms with van der Waals surface area (Å²) in [4.78, 5) is 0. The molecule has 2 aromatic rings. The molecule has 3 rings (SSSR count). The number of rotatable bonds is 2. The fourth-order valence-electron chi connectivity index (χ4n) is 2.86. The van der Waals surface area contributed by atoms with Gasteiger partial charge in [0.25, 0.3) is 0 Å². The van der Waals surface area contributed by atoms with Gasteiger partial charge < -0.3 is 0 Å². The molecule has 0 heteroatoms. The third kappa shape index (κ3) is 1.77. The van der Waals surface area contributed by atoms with E-state index in [9.17, 15) is 0 Å². The molecule has 18 heavy (non-hydrogen) atoms. The van der Waals surface area contributed by atoms with Crippen molar-refractivity contribution in [2.24, 2.45) is 0 Å². The normalized spacial score (nSPS) is 12.7. The van der Waals surface area contributed by atoms with Gasteiger partial charge in [-0.25, -0.2) is 0 Å². The quantitative estimate of drug-likeness (QED) is 0.591. The molecule has 0 aliphatic heterocycles. The van der Waals surface area contributed by atoms with E-state index in [0.717, 1.165) is 12.8 Å². The number of hydrogen-bond donors (Lipinski definition) is 0. The molecule has 92 valence electrons. The van der Waals surface area contributed by atoms with Crippen LogP contribution in [0.4, 0.5) is 0 Å². The first-order chi connectivity index (χ1) is 8.69. The highest BCUT2D eigenvalue weighted by Crippen LogP contribution is 2.38. The Morgan fingerprint density at radius 1 is 0.944 bits per heavy atom. The van der Waals surface area contributed by atoms with Crippen molar-refractivity contribution in [2.45, 2.75) is 39.5 Å². The molecule has 0 atom stereocenters. The summed E-state index contributed by atoms with van der Waals surface area (Å²) in [6.07, 6.45) is 2.24. The van der Waals surface area contributed by atoms with E-state index in [1.54, 1.807) is 0 Å². The highest BCUT2D eigenvalue weighted by atomic mass is 14.2. The van der Waals surface area contributed by atoms with Crippen LogP contribution in [0.5, 0.6) is 0 Å². The second-order valence-electron chi connectivity index (χ2n) is 5.59. The molecular formula is C18H20. The maximum Gasteiger partial charge on any atom is -0.00133 e. The topological polar surface area (TPSA) is 0 Å². The Morgan fingerprint density at radius 2 is 1.61 bits per heavy atom. The van der Waals surface area contributed by atoms with E-state index in [1.165, 1.54) is 33.4 Å². The van der Waals surface area contributed by atoms with Crippen LogP contribution in [0.1, 0.15) is 48.9 Å². The summed E-state index contributed by atoms with van der Waals surface area (Å²) < 4.78 is 0. The van der Waals surface area contributed by atoms with Gasteiger partial charge in [0.1, 0.15) is 0 Å². The van der Waals surface area contributed by atoms with Crippen molar-refractivity contribution in [2.75, 3.05) is 0 Å². The first-order valence-corrected chi connectivity index (χ1v) is 6.94. The van der Waals surface area contributed by atoms with E-state index in [-0.39, 0.29) is 0 Å². The lowest BCUT2D eigenvalue weighted by atomic mass is 9.97. The average molecular weight is 236 g/mol. The van der Waals surface area contributed by atoms with Crippen molar-refractivity contribution in [1.29, 1.82) is 0 Å². The standard InChI is InChI=1S/C18H20/c1-4-13-5-7-17-15(9-13)11-16-10-14(12(2)3)6-8-18(16)17/h5-10,12H,4,11H2,1-3H3. The monoisotopic (exact) mass is 236 g/mol. The van der Waals surface area contributed by atoms with Crippen molar-refractivity contribution in [3.8, 4) is 11.1 Å². The average Bonchev–Trinajstić information content (AvgIpc) is 2.74. The molecule has 0 heterocycles. The zero-order valence-corrected chi connectivity index (χ0v) is 11.5. The van der Waals surface area contributed by atoms with Crippen LogP contribution in [0.25, 0.3) is 11.1 Å². The van der Waals surface area contributed by atoms with Crippen LogP contribution < -0.4 is 0 Å². The van der Waals surface area contributed by atoms with Crippen LogP contribution in [-0.2, 0) is 12.8 Å². The highest BCUT2D eigenvalue weighted by Gasteiger charge is 2.19. The molecule has 0 spiro atoms. The van der Waals surface area contributed by atoms with Gasteiger partial charge in [0.2, 0.25) is 0 Å². The summed E-state index contributed by atoms with van der Waals surface area (Å²) in [5.74, 6) is 0.616. The maximum atomic E-state index is 2.39. The van der Waals surface area contributed by atoms with Crippen molar-refractivity contribution in [3.05, 3.63) is 58.7 Å². The molecule has 2 aromatic carbocycles. The fourth-order valence-corrected chi connectivity index (χ4v) is 2.86. The molecule has 0 bridgehead atoms. The van der Waals surface area contributed by atoms with Crippen LogP contribution in [0, 0.1) is 0 Å². The van der Waals surface area contributed by atoms with Crippen LogP contribution in [-0.4, -0.2) is 0 Å². The molecule has 0 nitrogen and oxygen atoms in total. The fraction of sp³-hybridized carbons (Fsp3) is 0.333. The largest absolute Gasteiger partial charge is 0.0613 e. The van der Waals surface area contributed by atoms with E-state index >= 15 is 0 Å². The minimum Gasteiger partial charge on any atom is -0.0613 e. The summed E-state index contributed by atoms with van der Waals surface area (Å²) >= 11 is 0. The predicted octanol–water partition coefficient (Wildman–Crippen LogP) is 4.94. The second-order valence-corrected chi connectivity index (χ2v) is 5.59. The SMILES string of the molecule is CCc1ccc2c(c1)Cc1cc(C(C)C)ccc1-2. The molecule has 1 aliphatic rings. The molecule has 0 aromatic heterocycles. The number of fused-ring (bicyclic) bond motifs is 3. The van der Waals surface area contributed by atoms with Crippen LogP contribution in [0.3, 0.4) is 0 Å². The van der Waals surface area contributed by atoms with Gasteiger partial charge in [-0.2, -0.15) is 0 Å². The van der Waals surface area contributed by atoms with E-state index in [0.29, 0.717) is 5.92 Å². The second kappa shape index (κ2) is 4.28. The van der Waals surface area contributed by atoms with E-state index in [4.69, 9.17) is 0 Å². The highest BCUT2D eigenvalue weighted by molar-refractivity contribution is 5.77. The van der Waals surface area contributed by atoms with E-state index in [1.807, 2.05) is 0 Å². The van der Waals surface area contributed by atoms with Crippen LogP contribution in [0.15, 0.2) is 36.4 Å². The predicted molar refractivity (Wildman–Crippen MR) is 78.2 cm³/mol.